The minimum absolute atomic E-state index is 0.168. The average Bonchev–Trinajstić information content (AvgIpc) is 2.72. The number of aryl methyl sites for hydroxylation is 1. The summed E-state index contributed by atoms with van der Waals surface area (Å²) in [6.07, 6.45) is 0. The van der Waals surface area contributed by atoms with Crippen molar-refractivity contribution < 1.29 is 9.53 Å². The molecular formula is C21H20ClN3O3S. The number of nitrogens with zero attached hydrogens (tertiary/aromatic N) is 2. The largest absolute Gasteiger partial charge is 0.497 e. The number of aromatic nitrogens is 2. The summed E-state index contributed by atoms with van der Waals surface area (Å²) < 4.78 is 6.39. The van der Waals surface area contributed by atoms with Crippen molar-refractivity contribution in [3.8, 4) is 11.4 Å². The van der Waals surface area contributed by atoms with E-state index >= 15 is 0 Å². The standard InChI is InChI=1S/C21H20ClN3O3S/c1-13-4-7-16(12-18(13)22)25-20(26)11-10-19(24-25)29-14(2)21(27)23-15-5-8-17(28-3)9-6-15/h4-12,14H,1-3H3,(H,23,27)/t14-/m0/s1. The lowest BCUT2D eigenvalue weighted by Crippen LogP contribution is -2.24. The second kappa shape index (κ2) is 9.15. The molecule has 29 heavy (non-hydrogen) atoms. The van der Waals surface area contributed by atoms with E-state index in [4.69, 9.17) is 16.3 Å². The van der Waals surface area contributed by atoms with Gasteiger partial charge in [0.15, 0.2) is 0 Å². The van der Waals surface area contributed by atoms with E-state index in [2.05, 4.69) is 10.4 Å². The van der Waals surface area contributed by atoms with E-state index in [9.17, 15) is 9.59 Å². The molecule has 0 fully saturated rings. The van der Waals surface area contributed by atoms with Crippen LogP contribution in [0.15, 0.2) is 64.4 Å². The first-order valence-electron chi connectivity index (χ1n) is 8.86. The lowest BCUT2D eigenvalue weighted by molar-refractivity contribution is -0.115. The summed E-state index contributed by atoms with van der Waals surface area (Å²) in [5.41, 5.74) is 1.89. The Morgan fingerprint density at radius 2 is 1.90 bits per heavy atom. The van der Waals surface area contributed by atoms with E-state index < -0.39 is 5.25 Å². The molecule has 0 saturated heterocycles. The van der Waals surface area contributed by atoms with Crippen molar-refractivity contribution in [1.29, 1.82) is 0 Å². The number of ether oxygens (including phenoxy) is 1. The second-order valence-corrected chi connectivity index (χ2v) is 8.10. The van der Waals surface area contributed by atoms with Crippen LogP contribution in [0.1, 0.15) is 12.5 Å². The Kier molecular flexibility index (Phi) is 6.61. The third kappa shape index (κ3) is 5.19. The zero-order valence-corrected chi connectivity index (χ0v) is 17.8. The first-order valence-corrected chi connectivity index (χ1v) is 10.1. The molecule has 0 aliphatic rings. The van der Waals surface area contributed by atoms with Crippen LogP contribution in [0.2, 0.25) is 5.02 Å². The molecule has 3 rings (SSSR count). The fraction of sp³-hybridized carbons (Fsp3) is 0.190. The molecule has 8 heteroatoms. The Balaban J connectivity index is 1.74. The molecule has 1 atom stereocenters. The quantitative estimate of drug-likeness (QED) is 0.590. The number of amides is 1. The molecule has 6 nitrogen and oxygen atoms in total. The van der Waals surface area contributed by atoms with Gasteiger partial charge in [0.2, 0.25) is 5.91 Å². The molecule has 3 aromatic rings. The van der Waals surface area contributed by atoms with Gasteiger partial charge in [0, 0.05) is 16.8 Å². The van der Waals surface area contributed by atoms with Crippen LogP contribution >= 0.6 is 23.4 Å². The number of hydrogen-bond acceptors (Lipinski definition) is 5. The smallest absolute Gasteiger partial charge is 0.271 e. The fourth-order valence-electron chi connectivity index (χ4n) is 2.51. The number of benzene rings is 2. The number of carbonyl (C=O) groups is 1. The van der Waals surface area contributed by atoms with Gasteiger partial charge in [-0.15, -0.1) is 0 Å². The number of hydrogen-bond donors (Lipinski definition) is 1. The normalized spacial score (nSPS) is 11.7. The maximum absolute atomic E-state index is 12.5. The van der Waals surface area contributed by atoms with Crippen molar-refractivity contribution in [3.63, 3.8) is 0 Å². The van der Waals surface area contributed by atoms with Crippen molar-refractivity contribution in [2.45, 2.75) is 24.1 Å². The van der Waals surface area contributed by atoms with Gasteiger partial charge in [0.1, 0.15) is 10.8 Å². The molecule has 1 aromatic heterocycles. The number of thioether (sulfide) groups is 1. The van der Waals surface area contributed by atoms with E-state index in [1.54, 1.807) is 56.5 Å². The lowest BCUT2D eigenvalue weighted by atomic mass is 10.2. The highest BCUT2D eigenvalue weighted by molar-refractivity contribution is 8.00. The van der Waals surface area contributed by atoms with E-state index in [0.29, 0.717) is 27.2 Å². The highest BCUT2D eigenvalue weighted by atomic mass is 35.5. The fourth-order valence-corrected chi connectivity index (χ4v) is 3.49. The maximum Gasteiger partial charge on any atom is 0.271 e. The first-order chi connectivity index (χ1) is 13.9. The summed E-state index contributed by atoms with van der Waals surface area (Å²) in [5, 5.41) is 7.92. The molecular weight excluding hydrogens is 410 g/mol. The van der Waals surface area contributed by atoms with Crippen molar-refractivity contribution in [1.82, 2.24) is 9.78 Å². The van der Waals surface area contributed by atoms with E-state index in [1.807, 2.05) is 13.0 Å². The molecule has 1 heterocycles. The minimum atomic E-state index is -0.419. The third-order valence-electron chi connectivity index (χ3n) is 4.20. The van der Waals surface area contributed by atoms with E-state index in [0.717, 1.165) is 5.56 Å². The van der Waals surface area contributed by atoms with Crippen molar-refractivity contribution in [3.05, 3.63) is 75.5 Å². The Bertz CT molecular complexity index is 1080. The van der Waals surface area contributed by atoms with Gasteiger partial charge in [-0.1, -0.05) is 29.4 Å². The van der Waals surface area contributed by atoms with Crippen LogP contribution in [0, 0.1) is 6.92 Å². The SMILES string of the molecule is COc1ccc(NC(=O)[C@H](C)Sc2ccc(=O)n(-c3ccc(C)c(Cl)c3)n2)cc1. The molecule has 1 amide bonds. The highest BCUT2D eigenvalue weighted by Crippen LogP contribution is 2.23. The predicted molar refractivity (Wildman–Crippen MR) is 117 cm³/mol. The van der Waals surface area contributed by atoms with Crippen LogP contribution in [0.5, 0.6) is 5.75 Å². The first kappa shape index (κ1) is 21.0. The topological polar surface area (TPSA) is 73.2 Å². The summed E-state index contributed by atoms with van der Waals surface area (Å²) in [6, 6.07) is 15.4. The molecule has 0 aliphatic heterocycles. The summed E-state index contributed by atoms with van der Waals surface area (Å²) in [6.45, 7) is 3.67. The van der Waals surface area contributed by atoms with Gasteiger partial charge in [-0.2, -0.15) is 9.78 Å². The number of rotatable bonds is 6. The molecule has 0 saturated carbocycles. The van der Waals surface area contributed by atoms with Crippen molar-refractivity contribution in [2.24, 2.45) is 0 Å². The van der Waals surface area contributed by atoms with Gasteiger partial charge in [-0.25, -0.2) is 0 Å². The van der Waals surface area contributed by atoms with Crippen molar-refractivity contribution >= 4 is 35.0 Å². The molecule has 0 spiro atoms. The number of halogens is 1. The Morgan fingerprint density at radius 1 is 1.17 bits per heavy atom. The Labute approximate surface area is 177 Å². The van der Waals surface area contributed by atoms with E-state index in [1.165, 1.54) is 22.5 Å². The molecule has 2 aromatic carbocycles. The molecule has 0 bridgehead atoms. The average molecular weight is 430 g/mol. The van der Waals surface area contributed by atoms with Gasteiger partial charge in [-0.3, -0.25) is 9.59 Å². The van der Waals surface area contributed by atoms with Gasteiger partial charge in [-0.05, 0) is 61.9 Å². The van der Waals surface area contributed by atoms with Gasteiger partial charge >= 0.3 is 0 Å². The van der Waals surface area contributed by atoms with Crippen LogP contribution in [0.4, 0.5) is 5.69 Å². The second-order valence-electron chi connectivity index (χ2n) is 6.33. The summed E-state index contributed by atoms with van der Waals surface area (Å²) >= 11 is 7.43. The number of anilines is 1. The summed E-state index contributed by atoms with van der Waals surface area (Å²) in [5.74, 6) is 0.547. The zero-order valence-electron chi connectivity index (χ0n) is 16.2. The molecule has 0 aliphatic carbocycles. The van der Waals surface area contributed by atoms with Crippen molar-refractivity contribution in [2.75, 3.05) is 12.4 Å². The van der Waals surface area contributed by atoms with Gasteiger partial charge in [0.25, 0.3) is 5.56 Å². The summed E-state index contributed by atoms with van der Waals surface area (Å²) in [7, 11) is 1.59. The lowest BCUT2D eigenvalue weighted by Gasteiger charge is -2.13. The third-order valence-corrected chi connectivity index (χ3v) is 5.63. The Hall–Kier alpha value is -2.77. The van der Waals surface area contributed by atoms with E-state index in [-0.39, 0.29) is 11.5 Å². The monoisotopic (exact) mass is 429 g/mol. The maximum atomic E-state index is 12.5. The number of methoxy groups -OCH3 is 1. The zero-order chi connectivity index (χ0) is 21.0. The van der Waals surface area contributed by atoms with Gasteiger partial charge in [0.05, 0.1) is 18.0 Å². The number of carbonyl (C=O) groups excluding carboxylic acids is 1. The highest BCUT2D eigenvalue weighted by Gasteiger charge is 2.16. The Morgan fingerprint density at radius 3 is 2.55 bits per heavy atom. The number of nitrogens with one attached hydrogen (secondary N) is 1. The van der Waals surface area contributed by atoms with Crippen LogP contribution in [-0.4, -0.2) is 28.0 Å². The molecule has 150 valence electrons. The van der Waals surface area contributed by atoms with Crippen LogP contribution in [-0.2, 0) is 4.79 Å². The van der Waals surface area contributed by atoms with Gasteiger partial charge < -0.3 is 10.1 Å². The van der Waals surface area contributed by atoms with Crippen LogP contribution in [0.3, 0.4) is 0 Å². The van der Waals surface area contributed by atoms with Crippen LogP contribution < -0.4 is 15.6 Å². The van der Waals surface area contributed by atoms with Crippen LogP contribution in [0.25, 0.3) is 5.69 Å². The predicted octanol–water partition coefficient (Wildman–Crippen LogP) is 4.32. The minimum Gasteiger partial charge on any atom is -0.497 e. The molecule has 0 radical (unpaired) electrons. The molecule has 1 N–H and O–H groups in total. The summed E-state index contributed by atoms with van der Waals surface area (Å²) in [4.78, 5) is 24.7. The molecule has 0 unspecified atom stereocenters.